The summed E-state index contributed by atoms with van der Waals surface area (Å²) >= 11 is 0. The number of ketones is 1. The second-order valence-corrected chi connectivity index (χ2v) is 4.94. The van der Waals surface area contributed by atoms with Crippen molar-refractivity contribution in [2.75, 3.05) is 18.0 Å². The van der Waals surface area contributed by atoms with Crippen molar-refractivity contribution in [2.24, 2.45) is 0 Å². The molecule has 0 aliphatic carbocycles. The Kier molecular flexibility index (Phi) is 4.37. The Morgan fingerprint density at radius 3 is 2.44 bits per heavy atom. The van der Waals surface area contributed by atoms with Gasteiger partial charge in [-0.3, -0.25) is 4.79 Å². The summed E-state index contributed by atoms with van der Waals surface area (Å²) in [7, 11) is 0. The van der Waals surface area contributed by atoms with Crippen LogP contribution >= 0.6 is 0 Å². The largest absolute Gasteiger partial charge is 0.393 e. The van der Waals surface area contributed by atoms with E-state index in [0.29, 0.717) is 6.42 Å². The minimum Gasteiger partial charge on any atom is -0.393 e. The van der Waals surface area contributed by atoms with Gasteiger partial charge in [-0.25, -0.2) is 0 Å². The topological polar surface area (TPSA) is 40.5 Å². The first kappa shape index (κ1) is 13.1. The van der Waals surface area contributed by atoms with Crippen LogP contribution in [0.15, 0.2) is 24.3 Å². The molecule has 98 valence electrons. The summed E-state index contributed by atoms with van der Waals surface area (Å²) in [5.74, 6) is 0.220. The molecule has 2 rings (SSSR count). The lowest BCUT2D eigenvalue weighted by Crippen LogP contribution is -2.35. The Hall–Kier alpha value is -1.35. The summed E-state index contributed by atoms with van der Waals surface area (Å²) in [6.07, 6.45) is 3.03. The van der Waals surface area contributed by atoms with Gasteiger partial charge in [-0.1, -0.05) is 6.92 Å². The number of rotatable bonds is 4. The second-order valence-electron chi connectivity index (χ2n) is 4.94. The van der Waals surface area contributed by atoms with Crippen molar-refractivity contribution >= 4 is 11.5 Å². The van der Waals surface area contributed by atoms with Crippen LogP contribution in [-0.2, 0) is 0 Å². The normalized spacial score (nSPS) is 16.9. The Morgan fingerprint density at radius 2 is 1.89 bits per heavy atom. The first-order valence-corrected chi connectivity index (χ1v) is 6.77. The Morgan fingerprint density at radius 1 is 1.28 bits per heavy atom. The van der Waals surface area contributed by atoms with E-state index in [9.17, 15) is 9.90 Å². The van der Waals surface area contributed by atoms with Gasteiger partial charge in [-0.15, -0.1) is 0 Å². The van der Waals surface area contributed by atoms with E-state index in [4.69, 9.17) is 0 Å². The van der Waals surface area contributed by atoms with Gasteiger partial charge in [0.05, 0.1) is 6.10 Å². The van der Waals surface area contributed by atoms with Crippen molar-refractivity contribution in [2.45, 2.75) is 38.7 Å². The molecule has 0 bridgehead atoms. The molecule has 3 heteroatoms. The summed E-state index contributed by atoms with van der Waals surface area (Å²) in [4.78, 5) is 14.0. The predicted molar refractivity (Wildman–Crippen MR) is 73.1 cm³/mol. The third-order valence-electron chi connectivity index (χ3n) is 3.50. The number of hydrogen-bond donors (Lipinski definition) is 1. The van der Waals surface area contributed by atoms with Crippen LogP contribution in [0, 0.1) is 0 Å². The van der Waals surface area contributed by atoms with Crippen molar-refractivity contribution in [1.29, 1.82) is 0 Å². The fourth-order valence-corrected chi connectivity index (χ4v) is 2.35. The average Bonchev–Trinajstić information content (AvgIpc) is 2.40. The van der Waals surface area contributed by atoms with E-state index in [1.54, 1.807) is 0 Å². The van der Waals surface area contributed by atoms with Gasteiger partial charge < -0.3 is 10.0 Å². The van der Waals surface area contributed by atoms with E-state index >= 15 is 0 Å². The molecular weight excluding hydrogens is 226 g/mol. The number of carbonyl (C=O) groups excluding carboxylic acids is 1. The molecule has 0 unspecified atom stereocenters. The molecule has 1 heterocycles. The number of anilines is 1. The van der Waals surface area contributed by atoms with E-state index in [-0.39, 0.29) is 11.9 Å². The molecule has 1 saturated heterocycles. The van der Waals surface area contributed by atoms with Gasteiger partial charge in [-0.05, 0) is 43.5 Å². The predicted octanol–water partition coefficient (Wildman–Crippen LogP) is 2.63. The first-order chi connectivity index (χ1) is 8.70. The van der Waals surface area contributed by atoms with Crippen molar-refractivity contribution in [3.05, 3.63) is 29.8 Å². The molecule has 1 aliphatic rings. The lowest BCUT2D eigenvalue weighted by molar-refractivity contribution is 0.0982. The molecule has 0 saturated carbocycles. The molecule has 1 N–H and O–H groups in total. The zero-order valence-corrected chi connectivity index (χ0v) is 10.9. The molecule has 1 aliphatic heterocycles. The van der Waals surface area contributed by atoms with Gasteiger partial charge in [0.15, 0.2) is 5.78 Å². The van der Waals surface area contributed by atoms with Crippen LogP contribution in [0.3, 0.4) is 0 Å². The molecule has 1 fully saturated rings. The quantitative estimate of drug-likeness (QED) is 0.831. The van der Waals surface area contributed by atoms with Gasteiger partial charge in [-0.2, -0.15) is 0 Å². The number of Topliss-reactive ketones (excluding diaryl/α,β-unsaturated/α-hetero) is 1. The second kappa shape index (κ2) is 6.01. The number of aliphatic hydroxyl groups is 1. The molecule has 0 radical (unpaired) electrons. The van der Waals surface area contributed by atoms with Crippen molar-refractivity contribution in [3.8, 4) is 0 Å². The first-order valence-electron chi connectivity index (χ1n) is 6.77. The Balaban J connectivity index is 2.01. The van der Waals surface area contributed by atoms with Crippen LogP contribution in [0.25, 0.3) is 0 Å². The summed E-state index contributed by atoms with van der Waals surface area (Å²) < 4.78 is 0. The minimum absolute atomic E-state index is 0.147. The maximum atomic E-state index is 11.7. The van der Waals surface area contributed by atoms with E-state index in [0.717, 1.165) is 43.6 Å². The van der Waals surface area contributed by atoms with Gasteiger partial charge >= 0.3 is 0 Å². The fraction of sp³-hybridized carbons (Fsp3) is 0.533. The lowest BCUT2D eigenvalue weighted by Gasteiger charge is -2.31. The zero-order valence-electron chi connectivity index (χ0n) is 10.9. The Bertz CT molecular complexity index is 391. The van der Waals surface area contributed by atoms with Crippen molar-refractivity contribution < 1.29 is 9.90 Å². The molecular formula is C15H21NO2. The molecule has 18 heavy (non-hydrogen) atoms. The molecule has 0 amide bonds. The molecule has 1 aromatic rings. The standard InChI is InChI=1S/C15H21NO2/c1-2-3-15(18)12-4-6-13(7-5-12)16-10-8-14(17)9-11-16/h4-7,14,17H,2-3,8-11H2,1H3. The number of benzene rings is 1. The third kappa shape index (κ3) is 3.10. The molecule has 0 aromatic heterocycles. The van der Waals surface area contributed by atoms with Crippen LogP contribution in [0.5, 0.6) is 0 Å². The maximum absolute atomic E-state index is 11.7. The number of aliphatic hydroxyl groups excluding tert-OH is 1. The Labute approximate surface area is 108 Å². The molecule has 3 nitrogen and oxygen atoms in total. The van der Waals surface area contributed by atoms with E-state index in [1.165, 1.54) is 0 Å². The van der Waals surface area contributed by atoms with E-state index in [1.807, 2.05) is 31.2 Å². The van der Waals surface area contributed by atoms with Gasteiger partial charge in [0.25, 0.3) is 0 Å². The van der Waals surface area contributed by atoms with Crippen LogP contribution in [-0.4, -0.2) is 30.1 Å². The average molecular weight is 247 g/mol. The molecule has 1 aromatic carbocycles. The van der Waals surface area contributed by atoms with Crippen LogP contribution < -0.4 is 4.90 Å². The smallest absolute Gasteiger partial charge is 0.162 e. The molecule has 0 spiro atoms. The SMILES string of the molecule is CCCC(=O)c1ccc(N2CCC(O)CC2)cc1. The number of piperidine rings is 1. The highest BCUT2D eigenvalue weighted by molar-refractivity contribution is 5.96. The number of nitrogens with zero attached hydrogens (tertiary/aromatic N) is 1. The van der Waals surface area contributed by atoms with Crippen molar-refractivity contribution in [3.63, 3.8) is 0 Å². The van der Waals surface area contributed by atoms with E-state index < -0.39 is 0 Å². The van der Waals surface area contributed by atoms with Crippen LogP contribution in [0.1, 0.15) is 43.0 Å². The van der Waals surface area contributed by atoms with E-state index in [2.05, 4.69) is 4.90 Å². The van der Waals surface area contributed by atoms with Gasteiger partial charge in [0, 0.05) is 30.8 Å². The van der Waals surface area contributed by atoms with Gasteiger partial charge in [0.2, 0.25) is 0 Å². The van der Waals surface area contributed by atoms with Crippen molar-refractivity contribution in [1.82, 2.24) is 0 Å². The monoisotopic (exact) mass is 247 g/mol. The summed E-state index contributed by atoms with van der Waals surface area (Å²) in [6, 6.07) is 7.86. The highest BCUT2D eigenvalue weighted by Crippen LogP contribution is 2.21. The minimum atomic E-state index is -0.147. The lowest BCUT2D eigenvalue weighted by atomic mass is 10.0. The highest BCUT2D eigenvalue weighted by Gasteiger charge is 2.17. The van der Waals surface area contributed by atoms with Crippen LogP contribution in [0.2, 0.25) is 0 Å². The van der Waals surface area contributed by atoms with Gasteiger partial charge in [0.1, 0.15) is 0 Å². The summed E-state index contributed by atoms with van der Waals surface area (Å²) in [5, 5.41) is 9.48. The highest BCUT2D eigenvalue weighted by atomic mass is 16.3. The van der Waals surface area contributed by atoms with Crippen LogP contribution in [0.4, 0.5) is 5.69 Å². The fourth-order valence-electron chi connectivity index (χ4n) is 2.35. The number of carbonyl (C=O) groups is 1. The number of hydrogen-bond acceptors (Lipinski definition) is 3. The summed E-state index contributed by atoms with van der Waals surface area (Å²) in [6.45, 7) is 3.80. The summed E-state index contributed by atoms with van der Waals surface area (Å²) in [5.41, 5.74) is 1.95. The maximum Gasteiger partial charge on any atom is 0.162 e. The third-order valence-corrected chi connectivity index (χ3v) is 3.50. The zero-order chi connectivity index (χ0) is 13.0. The molecule has 0 atom stereocenters.